The second-order valence-electron chi connectivity index (χ2n) is 4.29. The van der Waals surface area contributed by atoms with E-state index in [4.69, 9.17) is 27.9 Å². The van der Waals surface area contributed by atoms with Crippen molar-refractivity contribution >= 4 is 23.2 Å². The molecule has 0 bridgehead atoms. The summed E-state index contributed by atoms with van der Waals surface area (Å²) in [6.07, 6.45) is 0. The van der Waals surface area contributed by atoms with Crippen molar-refractivity contribution in [2.24, 2.45) is 0 Å². The molecule has 0 aromatic heterocycles. The monoisotopic (exact) mass is 295 g/mol. The molecule has 0 fully saturated rings. The third-order valence-corrected chi connectivity index (χ3v) is 3.32. The number of para-hydroxylation sites is 1. The number of nitrogens with one attached hydrogen (secondary N) is 1. The fraction of sp³-hybridized carbons (Fsp3) is 0.200. The summed E-state index contributed by atoms with van der Waals surface area (Å²) in [4.78, 5) is 0. The van der Waals surface area contributed by atoms with Crippen molar-refractivity contribution in [3.8, 4) is 11.5 Å². The summed E-state index contributed by atoms with van der Waals surface area (Å²) in [6, 6.07) is 11.3. The normalized spacial score (nSPS) is 10.5. The predicted molar refractivity (Wildman–Crippen MR) is 80.5 cm³/mol. The van der Waals surface area contributed by atoms with Crippen LogP contribution in [0, 0.1) is 6.92 Å². The lowest BCUT2D eigenvalue weighted by Crippen LogP contribution is -2.06. The number of hydrogen-bond acceptors (Lipinski definition) is 2. The van der Waals surface area contributed by atoms with E-state index in [0.29, 0.717) is 28.1 Å². The molecule has 1 N–H and O–H groups in total. The largest absolute Gasteiger partial charge is 0.454 e. The summed E-state index contributed by atoms with van der Waals surface area (Å²) in [7, 11) is 1.88. The number of ether oxygens (including phenoxy) is 1. The van der Waals surface area contributed by atoms with E-state index >= 15 is 0 Å². The van der Waals surface area contributed by atoms with Crippen LogP contribution in [0.1, 0.15) is 11.1 Å². The Hall–Kier alpha value is -1.22. The van der Waals surface area contributed by atoms with Crippen molar-refractivity contribution in [3.05, 3.63) is 57.6 Å². The van der Waals surface area contributed by atoms with Crippen LogP contribution in [0.15, 0.2) is 36.4 Å². The van der Waals surface area contributed by atoms with Gasteiger partial charge in [0.25, 0.3) is 0 Å². The van der Waals surface area contributed by atoms with Gasteiger partial charge in [0.05, 0.1) is 10.0 Å². The SMILES string of the molecule is CNCc1cccc(Cl)c1Oc1cc(C)ccc1Cl. The first-order valence-corrected chi connectivity index (χ1v) is 6.73. The van der Waals surface area contributed by atoms with E-state index in [1.54, 1.807) is 6.07 Å². The van der Waals surface area contributed by atoms with Crippen LogP contribution in [0.5, 0.6) is 11.5 Å². The van der Waals surface area contributed by atoms with Crippen LogP contribution in [-0.2, 0) is 6.54 Å². The topological polar surface area (TPSA) is 21.3 Å². The molecule has 2 aromatic rings. The molecular formula is C15H15Cl2NO. The number of aryl methyl sites for hydroxylation is 1. The Morgan fingerprint density at radius 1 is 1.11 bits per heavy atom. The quantitative estimate of drug-likeness (QED) is 0.874. The van der Waals surface area contributed by atoms with Crippen molar-refractivity contribution in [2.45, 2.75) is 13.5 Å². The Labute approximate surface area is 123 Å². The zero-order valence-corrected chi connectivity index (χ0v) is 12.3. The van der Waals surface area contributed by atoms with E-state index < -0.39 is 0 Å². The standard InChI is InChI=1S/C15H15Cl2NO/c1-10-6-7-12(16)14(8-10)19-15-11(9-18-2)4-3-5-13(15)17/h3-8,18H,9H2,1-2H3. The highest BCUT2D eigenvalue weighted by Crippen LogP contribution is 2.36. The lowest BCUT2D eigenvalue weighted by Gasteiger charge is -2.14. The molecule has 0 radical (unpaired) electrons. The first kappa shape index (κ1) is 14.2. The van der Waals surface area contributed by atoms with Crippen molar-refractivity contribution in [3.63, 3.8) is 0 Å². The molecule has 100 valence electrons. The van der Waals surface area contributed by atoms with Gasteiger partial charge in [0.1, 0.15) is 5.75 Å². The summed E-state index contributed by atoms with van der Waals surface area (Å²) in [5.41, 5.74) is 2.08. The van der Waals surface area contributed by atoms with Crippen LogP contribution in [0.25, 0.3) is 0 Å². The maximum absolute atomic E-state index is 6.21. The zero-order valence-electron chi connectivity index (χ0n) is 10.8. The number of hydrogen-bond donors (Lipinski definition) is 1. The molecule has 2 nitrogen and oxygen atoms in total. The molecule has 0 spiro atoms. The summed E-state index contributed by atoms with van der Waals surface area (Å²) >= 11 is 12.4. The van der Waals surface area contributed by atoms with Gasteiger partial charge >= 0.3 is 0 Å². The Morgan fingerprint density at radius 3 is 2.63 bits per heavy atom. The molecule has 0 saturated carbocycles. The maximum atomic E-state index is 6.21. The molecule has 0 aliphatic rings. The Balaban J connectivity index is 2.39. The van der Waals surface area contributed by atoms with Gasteiger partial charge < -0.3 is 10.1 Å². The number of halogens is 2. The fourth-order valence-corrected chi connectivity index (χ4v) is 2.19. The second-order valence-corrected chi connectivity index (χ2v) is 5.11. The molecule has 19 heavy (non-hydrogen) atoms. The lowest BCUT2D eigenvalue weighted by molar-refractivity contribution is 0.474. The van der Waals surface area contributed by atoms with E-state index in [9.17, 15) is 0 Å². The van der Waals surface area contributed by atoms with Crippen LogP contribution in [0.3, 0.4) is 0 Å². The molecule has 2 aromatic carbocycles. The molecule has 0 atom stereocenters. The van der Waals surface area contributed by atoms with Gasteiger partial charge in [-0.1, -0.05) is 41.4 Å². The Bertz CT molecular complexity index is 584. The van der Waals surface area contributed by atoms with Gasteiger partial charge in [-0.3, -0.25) is 0 Å². The van der Waals surface area contributed by atoms with Crippen molar-refractivity contribution < 1.29 is 4.74 Å². The van der Waals surface area contributed by atoms with E-state index in [1.165, 1.54) is 0 Å². The minimum Gasteiger partial charge on any atom is -0.454 e. The van der Waals surface area contributed by atoms with Gasteiger partial charge in [-0.2, -0.15) is 0 Å². The summed E-state index contributed by atoms with van der Waals surface area (Å²) in [6.45, 7) is 2.67. The van der Waals surface area contributed by atoms with Gasteiger partial charge in [0, 0.05) is 12.1 Å². The average molecular weight is 296 g/mol. The smallest absolute Gasteiger partial charge is 0.150 e. The minimum atomic E-state index is 0.570. The molecule has 0 amide bonds. The number of benzene rings is 2. The zero-order chi connectivity index (χ0) is 13.8. The van der Waals surface area contributed by atoms with Gasteiger partial charge in [-0.15, -0.1) is 0 Å². The third-order valence-electron chi connectivity index (χ3n) is 2.71. The Kier molecular flexibility index (Phi) is 4.70. The third kappa shape index (κ3) is 3.41. The molecule has 2 rings (SSSR count). The van der Waals surface area contributed by atoms with Gasteiger partial charge in [-0.25, -0.2) is 0 Å². The highest BCUT2D eigenvalue weighted by atomic mass is 35.5. The van der Waals surface area contributed by atoms with Crippen molar-refractivity contribution in [1.82, 2.24) is 5.32 Å². The van der Waals surface area contributed by atoms with E-state index in [0.717, 1.165) is 11.1 Å². The van der Waals surface area contributed by atoms with E-state index in [2.05, 4.69) is 5.32 Å². The van der Waals surface area contributed by atoms with Crippen LogP contribution in [0.4, 0.5) is 0 Å². The molecule has 0 aliphatic heterocycles. The van der Waals surface area contributed by atoms with Crippen LogP contribution >= 0.6 is 23.2 Å². The average Bonchev–Trinajstić information content (AvgIpc) is 2.38. The molecule has 0 heterocycles. The lowest BCUT2D eigenvalue weighted by atomic mass is 10.2. The molecule has 0 aliphatic carbocycles. The van der Waals surface area contributed by atoms with Crippen LogP contribution in [0.2, 0.25) is 10.0 Å². The van der Waals surface area contributed by atoms with Gasteiger partial charge in [0.2, 0.25) is 0 Å². The van der Waals surface area contributed by atoms with Crippen molar-refractivity contribution in [2.75, 3.05) is 7.05 Å². The summed E-state index contributed by atoms with van der Waals surface area (Å²) in [5, 5.41) is 4.24. The predicted octanol–water partition coefficient (Wildman–Crippen LogP) is 4.81. The fourth-order valence-electron chi connectivity index (χ4n) is 1.80. The van der Waals surface area contributed by atoms with Gasteiger partial charge in [-0.05, 0) is 37.7 Å². The minimum absolute atomic E-state index is 0.570. The van der Waals surface area contributed by atoms with E-state index in [1.807, 2.05) is 44.3 Å². The highest BCUT2D eigenvalue weighted by Gasteiger charge is 2.11. The molecule has 0 unspecified atom stereocenters. The van der Waals surface area contributed by atoms with Crippen molar-refractivity contribution in [1.29, 1.82) is 0 Å². The van der Waals surface area contributed by atoms with E-state index in [-0.39, 0.29) is 0 Å². The van der Waals surface area contributed by atoms with Gasteiger partial charge in [0.15, 0.2) is 5.75 Å². The number of rotatable bonds is 4. The molecular weight excluding hydrogens is 281 g/mol. The first-order chi connectivity index (χ1) is 9.11. The first-order valence-electron chi connectivity index (χ1n) is 5.98. The Morgan fingerprint density at radius 2 is 1.89 bits per heavy atom. The maximum Gasteiger partial charge on any atom is 0.150 e. The summed E-state index contributed by atoms with van der Waals surface area (Å²) < 4.78 is 5.90. The van der Waals surface area contributed by atoms with Crippen LogP contribution < -0.4 is 10.1 Å². The van der Waals surface area contributed by atoms with Crippen LogP contribution in [-0.4, -0.2) is 7.05 Å². The highest BCUT2D eigenvalue weighted by molar-refractivity contribution is 6.33. The summed E-state index contributed by atoms with van der Waals surface area (Å²) in [5.74, 6) is 1.26. The second kappa shape index (κ2) is 6.29. The molecule has 4 heteroatoms. The molecule has 0 saturated heterocycles.